The molecule has 2 N–H and O–H groups in total. The molecule has 1 heterocycles. The molecular weight excluding hydrogens is 638 g/mol. The van der Waals surface area contributed by atoms with Crippen molar-refractivity contribution >= 4 is 17.7 Å². The zero-order valence-electron chi connectivity index (χ0n) is 30.3. The topological polar surface area (TPSA) is 125 Å². The fraction of sp³-hybridized carbons (Fsp3) is 0.615. The highest BCUT2D eigenvalue weighted by atomic mass is 16.6. The first kappa shape index (κ1) is 39.4. The Morgan fingerprint density at radius 2 is 1.46 bits per heavy atom. The van der Waals surface area contributed by atoms with Gasteiger partial charge in [0, 0.05) is 19.4 Å². The second kappa shape index (κ2) is 20.5. The number of rotatable bonds is 20. The van der Waals surface area contributed by atoms with Gasteiger partial charge in [0.25, 0.3) is 0 Å². The van der Waals surface area contributed by atoms with E-state index in [1.807, 2.05) is 63.2 Å². The van der Waals surface area contributed by atoms with Crippen LogP contribution in [0.25, 0.3) is 0 Å². The predicted octanol–water partition coefficient (Wildman–Crippen LogP) is 4.37. The molecule has 2 aromatic rings. The van der Waals surface area contributed by atoms with E-state index in [2.05, 4.69) is 22.8 Å². The van der Waals surface area contributed by atoms with E-state index in [-0.39, 0.29) is 42.8 Å². The van der Waals surface area contributed by atoms with Crippen molar-refractivity contribution in [2.24, 2.45) is 5.41 Å². The zero-order chi connectivity index (χ0) is 35.8. The lowest BCUT2D eigenvalue weighted by Gasteiger charge is -2.36. The summed E-state index contributed by atoms with van der Waals surface area (Å²) in [5, 5.41) is 6.15. The Labute approximate surface area is 297 Å². The zero-order valence-corrected chi connectivity index (χ0v) is 30.3. The Kier molecular flexibility index (Phi) is 16.2. The molecule has 11 heteroatoms. The van der Waals surface area contributed by atoms with Crippen molar-refractivity contribution in [3.8, 4) is 0 Å². The summed E-state index contributed by atoms with van der Waals surface area (Å²) in [5.41, 5.74) is 2.97. The fourth-order valence-corrected chi connectivity index (χ4v) is 6.36. The first-order valence-electron chi connectivity index (χ1n) is 18.1. The first-order chi connectivity index (χ1) is 24.2. The van der Waals surface area contributed by atoms with E-state index in [9.17, 15) is 14.4 Å². The molecule has 276 valence electrons. The van der Waals surface area contributed by atoms with Crippen LogP contribution in [0.5, 0.6) is 0 Å². The summed E-state index contributed by atoms with van der Waals surface area (Å²) in [6, 6.07) is 16.6. The smallest absolute Gasteiger partial charge is 0.246 e. The van der Waals surface area contributed by atoms with E-state index >= 15 is 0 Å². The molecule has 1 aliphatic heterocycles. The third-order valence-corrected chi connectivity index (χ3v) is 9.08. The first-order valence-corrected chi connectivity index (χ1v) is 18.1. The second-order valence-corrected chi connectivity index (χ2v) is 14.0. The number of nitrogens with one attached hydrogen (secondary N) is 2. The molecule has 0 unspecified atom stereocenters. The van der Waals surface area contributed by atoms with Crippen LogP contribution in [0, 0.1) is 5.41 Å². The predicted molar refractivity (Wildman–Crippen MR) is 190 cm³/mol. The van der Waals surface area contributed by atoms with E-state index < -0.39 is 17.5 Å². The van der Waals surface area contributed by atoms with E-state index in [1.54, 1.807) is 11.8 Å². The van der Waals surface area contributed by atoms with Gasteiger partial charge in [-0.05, 0) is 41.4 Å². The summed E-state index contributed by atoms with van der Waals surface area (Å²) >= 11 is 0. The van der Waals surface area contributed by atoms with Gasteiger partial charge < -0.3 is 39.2 Å². The van der Waals surface area contributed by atoms with E-state index in [0.29, 0.717) is 65.9 Å². The number of carbonyl (C=O) groups is 3. The molecule has 11 nitrogen and oxygen atoms in total. The SMILES string of the molecule is CCC(=O)N[C@H](C(=O)N1C[C@@H](OCCOCCOCCOCCOCc2ccccc2)C[C@H]1C(=O)N[C@@H]1CCCc2ccccc21)C(C)(C)C. The number of fused-ring (bicyclic) bond motifs is 1. The molecule has 0 saturated carbocycles. The highest BCUT2D eigenvalue weighted by molar-refractivity contribution is 5.93. The third kappa shape index (κ3) is 12.5. The number of carbonyl (C=O) groups excluding carboxylic acids is 3. The number of ether oxygens (including phenoxy) is 5. The summed E-state index contributed by atoms with van der Waals surface area (Å²) in [7, 11) is 0. The van der Waals surface area contributed by atoms with Crippen LogP contribution in [-0.2, 0) is 51.1 Å². The van der Waals surface area contributed by atoms with Crippen molar-refractivity contribution in [2.45, 2.75) is 90.6 Å². The van der Waals surface area contributed by atoms with Crippen molar-refractivity contribution in [3.63, 3.8) is 0 Å². The molecule has 4 rings (SSSR count). The van der Waals surface area contributed by atoms with Gasteiger partial charge in [0.2, 0.25) is 17.7 Å². The molecular formula is C39H57N3O8. The minimum absolute atomic E-state index is 0.108. The van der Waals surface area contributed by atoms with Gasteiger partial charge in [-0.3, -0.25) is 14.4 Å². The lowest BCUT2D eigenvalue weighted by Crippen LogP contribution is -2.57. The maximum Gasteiger partial charge on any atom is 0.246 e. The molecule has 2 aliphatic rings. The summed E-state index contributed by atoms with van der Waals surface area (Å²) in [4.78, 5) is 42.0. The minimum Gasteiger partial charge on any atom is -0.377 e. The van der Waals surface area contributed by atoms with Gasteiger partial charge in [-0.1, -0.05) is 82.3 Å². The minimum atomic E-state index is -0.777. The van der Waals surface area contributed by atoms with Crippen LogP contribution in [0.3, 0.4) is 0 Å². The molecule has 0 radical (unpaired) electrons. The summed E-state index contributed by atoms with van der Waals surface area (Å²) in [6.45, 7) is 11.8. The van der Waals surface area contributed by atoms with Crippen LogP contribution in [0.1, 0.15) is 76.1 Å². The Balaban J connectivity index is 1.19. The van der Waals surface area contributed by atoms with Crippen molar-refractivity contribution in [1.82, 2.24) is 15.5 Å². The van der Waals surface area contributed by atoms with Crippen molar-refractivity contribution in [2.75, 3.05) is 59.4 Å². The monoisotopic (exact) mass is 695 g/mol. The number of likely N-dealkylation sites (tertiary alicyclic amines) is 1. The normalized spacial score (nSPS) is 19.5. The Morgan fingerprint density at radius 1 is 0.840 bits per heavy atom. The number of hydrogen-bond donors (Lipinski definition) is 2. The van der Waals surface area contributed by atoms with Crippen molar-refractivity contribution < 1.29 is 38.1 Å². The van der Waals surface area contributed by atoms with Gasteiger partial charge in [0.15, 0.2) is 0 Å². The van der Waals surface area contributed by atoms with Gasteiger partial charge in [0.1, 0.15) is 12.1 Å². The highest BCUT2D eigenvalue weighted by Crippen LogP contribution is 2.31. The highest BCUT2D eigenvalue weighted by Gasteiger charge is 2.45. The second-order valence-electron chi connectivity index (χ2n) is 14.0. The lowest BCUT2D eigenvalue weighted by molar-refractivity contribution is -0.144. The van der Waals surface area contributed by atoms with Crippen LogP contribution >= 0.6 is 0 Å². The van der Waals surface area contributed by atoms with Crippen LogP contribution in [0.2, 0.25) is 0 Å². The van der Waals surface area contributed by atoms with E-state index in [1.165, 1.54) is 5.56 Å². The van der Waals surface area contributed by atoms with Crippen molar-refractivity contribution in [3.05, 3.63) is 71.3 Å². The Morgan fingerprint density at radius 3 is 2.12 bits per heavy atom. The number of nitrogens with zero attached hydrogens (tertiary/aromatic N) is 1. The number of hydrogen-bond acceptors (Lipinski definition) is 8. The van der Waals surface area contributed by atoms with Crippen LogP contribution < -0.4 is 10.6 Å². The number of amides is 3. The lowest BCUT2D eigenvalue weighted by atomic mass is 9.85. The number of benzene rings is 2. The summed E-state index contributed by atoms with van der Waals surface area (Å²) in [5.74, 6) is -0.674. The van der Waals surface area contributed by atoms with Crippen LogP contribution in [0.15, 0.2) is 54.6 Å². The Bertz CT molecular complexity index is 1330. The molecule has 2 aromatic carbocycles. The third-order valence-electron chi connectivity index (χ3n) is 9.08. The average molecular weight is 696 g/mol. The van der Waals surface area contributed by atoms with Crippen molar-refractivity contribution in [1.29, 1.82) is 0 Å². The van der Waals surface area contributed by atoms with Gasteiger partial charge in [0.05, 0.1) is 71.6 Å². The molecule has 1 saturated heterocycles. The quantitative estimate of drug-likeness (QED) is 0.196. The largest absolute Gasteiger partial charge is 0.377 e. The van der Waals surface area contributed by atoms with Gasteiger partial charge >= 0.3 is 0 Å². The summed E-state index contributed by atoms with van der Waals surface area (Å²) in [6.07, 6.45) is 3.11. The molecule has 0 bridgehead atoms. The molecule has 3 amide bonds. The summed E-state index contributed by atoms with van der Waals surface area (Å²) < 4.78 is 28.6. The van der Waals surface area contributed by atoms with Crippen LogP contribution in [-0.4, -0.2) is 100 Å². The Hall–Kier alpha value is -3.35. The molecule has 1 aliphatic carbocycles. The van der Waals surface area contributed by atoms with Gasteiger partial charge in [-0.25, -0.2) is 0 Å². The maximum atomic E-state index is 14.1. The standard InChI is InChI=1S/C39H57N3O8/c1-5-35(43)41-36(39(2,3)4)38(45)42-27-31(26-34(42)37(44)40-33-17-11-15-30-14-9-10-16-32(30)33)50-25-24-48-21-20-46-18-19-47-22-23-49-28-29-12-7-6-8-13-29/h6-10,12-14,16,31,33-34,36H,5,11,15,17-28H2,1-4H3,(H,40,44)(H,41,43)/t31-,33+,34-,36+/m0/s1. The molecule has 1 fully saturated rings. The molecule has 0 aromatic heterocycles. The van der Waals surface area contributed by atoms with Gasteiger partial charge in [-0.2, -0.15) is 0 Å². The van der Waals surface area contributed by atoms with E-state index in [4.69, 9.17) is 23.7 Å². The molecule has 0 spiro atoms. The van der Waals surface area contributed by atoms with E-state index in [0.717, 1.165) is 30.4 Å². The molecule has 50 heavy (non-hydrogen) atoms. The maximum absolute atomic E-state index is 14.1. The number of aryl methyl sites for hydroxylation is 1. The molecule has 4 atom stereocenters. The van der Waals surface area contributed by atoms with Crippen LogP contribution in [0.4, 0.5) is 0 Å². The average Bonchev–Trinajstić information content (AvgIpc) is 3.55. The van der Waals surface area contributed by atoms with Gasteiger partial charge in [-0.15, -0.1) is 0 Å². The fourth-order valence-electron chi connectivity index (χ4n) is 6.36.